The fraction of sp³-hybridized carbons (Fsp3) is 0.333. The Morgan fingerprint density at radius 1 is 1.31 bits per heavy atom. The van der Waals surface area contributed by atoms with Crippen molar-refractivity contribution in [3.63, 3.8) is 0 Å². The fourth-order valence-electron chi connectivity index (χ4n) is 0.872. The topological polar surface area (TPSA) is 9.23 Å². The monoisotopic (exact) mass is 298 g/mol. The summed E-state index contributed by atoms with van der Waals surface area (Å²) in [6.45, 7) is 3.52. The van der Waals surface area contributed by atoms with E-state index in [9.17, 15) is 8.78 Å². The lowest BCUT2D eigenvalue weighted by Gasteiger charge is -2.10. The van der Waals surface area contributed by atoms with E-state index in [0.29, 0.717) is 3.57 Å². The lowest BCUT2D eigenvalue weighted by Crippen LogP contribution is -2.08. The molecule has 0 aliphatic carbocycles. The maximum atomic E-state index is 13.0. The average molecular weight is 298 g/mol. The van der Waals surface area contributed by atoms with Gasteiger partial charge in [-0.1, -0.05) is 0 Å². The molecule has 0 heterocycles. The van der Waals surface area contributed by atoms with E-state index in [-0.39, 0.29) is 11.9 Å². The molecule has 1 nitrogen and oxygen atoms in total. The Balaban J connectivity index is 3.05. The van der Waals surface area contributed by atoms with Crippen LogP contribution in [0.5, 0.6) is 5.75 Å². The first-order valence-electron chi connectivity index (χ1n) is 3.82. The van der Waals surface area contributed by atoms with E-state index in [0.717, 1.165) is 6.07 Å². The van der Waals surface area contributed by atoms with Crippen LogP contribution in [0.4, 0.5) is 8.78 Å². The molecule has 4 heteroatoms. The molecule has 1 aromatic carbocycles. The maximum absolute atomic E-state index is 13.0. The smallest absolute Gasteiger partial charge is 0.200 e. The molecule has 0 spiro atoms. The molecule has 0 aliphatic heterocycles. The predicted molar refractivity (Wildman–Crippen MR) is 54.8 cm³/mol. The van der Waals surface area contributed by atoms with E-state index >= 15 is 0 Å². The van der Waals surface area contributed by atoms with Crippen LogP contribution in [0.1, 0.15) is 13.8 Å². The maximum Gasteiger partial charge on any atom is 0.200 e. The average Bonchev–Trinajstić information content (AvgIpc) is 1.98. The summed E-state index contributed by atoms with van der Waals surface area (Å²) in [5, 5.41) is 0. The van der Waals surface area contributed by atoms with Crippen molar-refractivity contribution in [3.8, 4) is 5.75 Å². The first-order valence-corrected chi connectivity index (χ1v) is 4.89. The Hall–Kier alpha value is -0.390. The van der Waals surface area contributed by atoms with Gasteiger partial charge in [0.15, 0.2) is 11.6 Å². The van der Waals surface area contributed by atoms with Gasteiger partial charge in [-0.05, 0) is 48.6 Å². The highest BCUT2D eigenvalue weighted by Crippen LogP contribution is 2.23. The molecule has 1 aromatic rings. The fourth-order valence-corrected chi connectivity index (χ4v) is 1.43. The molecule has 0 fully saturated rings. The Labute approximate surface area is 89.2 Å². The molecule has 0 bridgehead atoms. The van der Waals surface area contributed by atoms with Gasteiger partial charge < -0.3 is 4.74 Å². The van der Waals surface area contributed by atoms with Crippen LogP contribution < -0.4 is 4.74 Å². The van der Waals surface area contributed by atoms with E-state index in [2.05, 4.69) is 0 Å². The highest BCUT2D eigenvalue weighted by atomic mass is 127. The van der Waals surface area contributed by atoms with Gasteiger partial charge in [0.05, 0.1) is 6.10 Å². The summed E-state index contributed by atoms with van der Waals surface area (Å²) in [6.07, 6.45) is -0.160. The van der Waals surface area contributed by atoms with Crippen molar-refractivity contribution in [2.75, 3.05) is 0 Å². The Morgan fingerprint density at radius 2 is 1.92 bits per heavy atom. The van der Waals surface area contributed by atoms with E-state index in [1.54, 1.807) is 13.8 Å². The first-order chi connectivity index (χ1) is 6.00. The minimum Gasteiger partial charge on any atom is -0.488 e. The van der Waals surface area contributed by atoms with Gasteiger partial charge in [-0.25, -0.2) is 4.39 Å². The molecule has 0 atom stereocenters. The molecule has 0 N–H and O–H groups in total. The van der Waals surface area contributed by atoms with Crippen molar-refractivity contribution in [1.82, 2.24) is 0 Å². The van der Waals surface area contributed by atoms with Gasteiger partial charge in [0.2, 0.25) is 5.82 Å². The number of ether oxygens (including phenoxy) is 1. The standard InChI is InChI=1S/C9H9F2IO/c1-5(2)13-8-4-6(12)3-7(10)9(8)11/h3-5H,1-2H3. The van der Waals surface area contributed by atoms with Gasteiger partial charge in [0, 0.05) is 3.57 Å². The number of benzene rings is 1. The molecule has 13 heavy (non-hydrogen) atoms. The van der Waals surface area contributed by atoms with Gasteiger partial charge in [0.1, 0.15) is 0 Å². The minimum absolute atomic E-state index is 0.0283. The van der Waals surface area contributed by atoms with Gasteiger partial charge >= 0.3 is 0 Å². The zero-order valence-electron chi connectivity index (χ0n) is 7.27. The van der Waals surface area contributed by atoms with Crippen molar-refractivity contribution in [2.24, 2.45) is 0 Å². The second-order valence-corrected chi connectivity index (χ2v) is 4.11. The van der Waals surface area contributed by atoms with Crippen molar-refractivity contribution >= 4 is 22.6 Å². The summed E-state index contributed by atoms with van der Waals surface area (Å²) in [5.74, 6) is -1.82. The number of rotatable bonds is 2. The molecule has 0 radical (unpaired) electrons. The zero-order chi connectivity index (χ0) is 10.0. The van der Waals surface area contributed by atoms with Crippen LogP contribution in [0.3, 0.4) is 0 Å². The lowest BCUT2D eigenvalue weighted by atomic mass is 10.3. The Kier molecular flexibility index (Phi) is 3.47. The van der Waals surface area contributed by atoms with Crippen molar-refractivity contribution in [3.05, 3.63) is 27.3 Å². The molecule has 0 amide bonds. The third-order valence-electron chi connectivity index (χ3n) is 1.32. The second kappa shape index (κ2) is 4.21. The molecule has 0 aromatic heterocycles. The molecular formula is C9H9F2IO. The van der Waals surface area contributed by atoms with Crippen LogP contribution in [0.25, 0.3) is 0 Å². The number of halogens is 3. The third kappa shape index (κ3) is 2.79. The van der Waals surface area contributed by atoms with Crippen molar-refractivity contribution in [2.45, 2.75) is 20.0 Å². The molecule has 1 rings (SSSR count). The normalized spacial score (nSPS) is 10.6. The number of hydrogen-bond donors (Lipinski definition) is 0. The molecule has 0 saturated carbocycles. The predicted octanol–water partition coefficient (Wildman–Crippen LogP) is 3.36. The van der Waals surface area contributed by atoms with E-state index in [1.807, 2.05) is 22.6 Å². The second-order valence-electron chi connectivity index (χ2n) is 2.87. The van der Waals surface area contributed by atoms with Crippen molar-refractivity contribution in [1.29, 1.82) is 0 Å². The summed E-state index contributed by atoms with van der Waals surface area (Å²) >= 11 is 1.91. The van der Waals surface area contributed by atoms with E-state index < -0.39 is 11.6 Å². The molecular weight excluding hydrogens is 289 g/mol. The third-order valence-corrected chi connectivity index (χ3v) is 1.95. The van der Waals surface area contributed by atoms with Crippen LogP contribution in [-0.2, 0) is 0 Å². The quantitative estimate of drug-likeness (QED) is 0.601. The van der Waals surface area contributed by atoms with Gasteiger partial charge in [-0.15, -0.1) is 0 Å². The van der Waals surface area contributed by atoms with Crippen LogP contribution in [0.2, 0.25) is 0 Å². The Bertz CT molecular complexity index is 313. The summed E-state index contributed by atoms with van der Waals surface area (Å²) < 4.78 is 31.6. The zero-order valence-corrected chi connectivity index (χ0v) is 9.43. The largest absolute Gasteiger partial charge is 0.488 e. The molecule has 0 aliphatic rings. The Morgan fingerprint density at radius 3 is 2.46 bits per heavy atom. The summed E-state index contributed by atoms with van der Waals surface area (Å²) in [7, 11) is 0. The van der Waals surface area contributed by atoms with E-state index in [4.69, 9.17) is 4.74 Å². The van der Waals surface area contributed by atoms with Gasteiger partial charge in [-0.2, -0.15) is 4.39 Å². The van der Waals surface area contributed by atoms with Crippen LogP contribution in [0, 0.1) is 15.2 Å². The summed E-state index contributed by atoms with van der Waals surface area (Å²) in [6, 6.07) is 2.60. The molecule has 72 valence electrons. The lowest BCUT2D eigenvalue weighted by molar-refractivity contribution is 0.227. The van der Waals surface area contributed by atoms with E-state index in [1.165, 1.54) is 6.07 Å². The highest BCUT2D eigenvalue weighted by Gasteiger charge is 2.11. The molecule has 0 saturated heterocycles. The van der Waals surface area contributed by atoms with Crippen LogP contribution in [-0.4, -0.2) is 6.10 Å². The SMILES string of the molecule is CC(C)Oc1cc(I)cc(F)c1F. The number of hydrogen-bond acceptors (Lipinski definition) is 1. The first kappa shape index (κ1) is 10.7. The highest BCUT2D eigenvalue weighted by molar-refractivity contribution is 14.1. The van der Waals surface area contributed by atoms with Gasteiger partial charge in [-0.3, -0.25) is 0 Å². The minimum atomic E-state index is -0.922. The summed E-state index contributed by atoms with van der Waals surface area (Å²) in [4.78, 5) is 0. The van der Waals surface area contributed by atoms with Crippen LogP contribution >= 0.6 is 22.6 Å². The van der Waals surface area contributed by atoms with Crippen molar-refractivity contribution < 1.29 is 13.5 Å². The van der Waals surface area contributed by atoms with Gasteiger partial charge in [0.25, 0.3) is 0 Å². The van der Waals surface area contributed by atoms with Crippen LogP contribution in [0.15, 0.2) is 12.1 Å². The summed E-state index contributed by atoms with van der Waals surface area (Å²) in [5.41, 5.74) is 0. The molecule has 0 unspecified atom stereocenters.